The highest BCUT2D eigenvalue weighted by Gasteiger charge is 2.11. The molecule has 4 N–H and O–H groups in total. The number of carbonyl (C=O) groups is 2. The molecule has 0 atom stereocenters. The van der Waals surface area contributed by atoms with Crippen LogP contribution in [-0.2, 0) is 20.7 Å². The molecule has 0 spiro atoms. The topological polar surface area (TPSA) is 126 Å². The molecule has 0 aliphatic carbocycles. The van der Waals surface area contributed by atoms with E-state index in [1.807, 2.05) is 24.3 Å². The highest BCUT2D eigenvalue weighted by molar-refractivity contribution is 6.31. The van der Waals surface area contributed by atoms with Crippen molar-refractivity contribution < 1.29 is 19.4 Å². The molecule has 8 nitrogen and oxygen atoms in total. The number of anilines is 1. The number of nitrogens with one attached hydrogen (secondary N) is 1. The molecule has 0 saturated carbocycles. The lowest BCUT2D eigenvalue weighted by molar-refractivity contribution is -0.147. The molecule has 0 aromatic heterocycles. The lowest BCUT2D eigenvalue weighted by Crippen LogP contribution is -2.28. The molecule has 3 aromatic rings. The summed E-state index contributed by atoms with van der Waals surface area (Å²) in [5.41, 5.74) is 9.45. The van der Waals surface area contributed by atoms with Crippen molar-refractivity contribution in [2.45, 2.75) is 26.7 Å². The molecule has 9 heteroatoms. The Kier molecular flexibility index (Phi) is 9.41. The van der Waals surface area contributed by atoms with Gasteiger partial charge in [-0.1, -0.05) is 61.8 Å². The number of nitrogens with two attached hydrogens (primary N) is 1. The van der Waals surface area contributed by atoms with Crippen LogP contribution in [-0.4, -0.2) is 30.1 Å². The summed E-state index contributed by atoms with van der Waals surface area (Å²) in [6, 6.07) is 17.7. The Morgan fingerprint density at radius 1 is 1.06 bits per heavy atom. The number of aryl methyl sites for hydroxylation is 1. The summed E-state index contributed by atoms with van der Waals surface area (Å²) in [6.45, 7) is 3.96. The number of carbonyl (C=O) groups excluding carboxylic acids is 2. The second kappa shape index (κ2) is 12.7. The summed E-state index contributed by atoms with van der Waals surface area (Å²) >= 11 is 5.91. The van der Waals surface area contributed by atoms with Crippen molar-refractivity contribution in [1.29, 1.82) is 0 Å². The number of aromatic hydroxyl groups is 1. The maximum absolute atomic E-state index is 12.0. The first-order chi connectivity index (χ1) is 17.2. The van der Waals surface area contributed by atoms with Gasteiger partial charge in [-0.3, -0.25) is 9.59 Å². The Balaban J connectivity index is 1.57. The first-order valence-corrected chi connectivity index (χ1v) is 11.9. The van der Waals surface area contributed by atoms with Crippen molar-refractivity contribution in [3.63, 3.8) is 0 Å². The Labute approximate surface area is 215 Å². The number of nitrogens with zero attached hydrogens (tertiary/aromatic N) is 2. The molecule has 0 unspecified atom stereocenters. The predicted octanol–water partition coefficient (Wildman–Crippen LogP) is 5.96. The summed E-state index contributed by atoms with van der Waals surface area (Å²) in [5, 5.41) is 22.3. The van der Waals surface area contributed by atoms with E-state index in [-0.39, 0.29) is 36.7 Å². The lowest BCUT2D eigenvalue weighted by Gasteiger charge is -2.09. The summed E-state index contributed by atoms with van der Waals surface area (Å²) in [4.78, 5) is 23.5. The zero-order valence-corrected chi connectivity index (χ0v) is 21.0. The zero-order valence-electron chi connectivity index (χ0n) is 20.2. The summed E-state index contributed by atoms with van der Waals surface area (Å²) in [5.74, 6) is -0.586. The third-order valence-corrected chi connectivity index (χ3v) is 5.55. The van der Waals surface area contributed by atoms with Crippen LogP contribution in [0.5, 0.6) is 5.75 Å². The third-order valence-electron chi connectivity index (χ3n) is 5.32. The van der Waals surface area contributed by atoms with E-state index in [0.29, 0.717) is 40.5 Å². The number of rotatable bonds is 10. The minimum atomic E-state index is -0.282. The number of azo groups is 1. The van der Waals surface area contributed by atoms with Crippen molar-refractivity contribution in [3.05, 3.63) is 71.2 Å². The minimum Gasteiger partial charge on any atom is -0.505 e. The number of esters is 1. The van der Waals surface area contributed by atoms with Gasteiger partial charge in [0.05, 0.1) is 18.2 Å². The second-order valence-electron chi connectivity index (χ2n) is 8.45. The van der Waals surface area contributed by atoms with Crippen molar-refractivity contribution >= 4 is 40.5 Å². The molecule has 0 radical (unpaired) electrons. The number of benzene rings is 3. The first kappa shape index (κ1) is 26.7. The number of amides is 1. The highest BCUT2D eigenvalue weighted by Crippen LogP contribution is 2.38. The molecular weight excluding hydrogens is 480 g/mol. The number of phenols is 1. The fourth-order valence-corrected chi connectivity index (χ4v) is 3.46. The number of para-hydroxylation sites is 1. The maximum atomic E-state index is 12.0. The normalized spacial score (nSPS) is 11.1. The monoisotopic (exact) mass is 508 g/mol. The van der Waals surface area contributed by atoms with Crippen LogP contribution in [0.1, 0.15) is 25.8 Å². The number of phenolic OH excluding ortho intramolecular Hbond substituents is 1. The minimum absolute atomic E-state index is 0.000852. The van der Waals surface area contributed by atoms with Gasteiger partial charge in [0.2, 0.25) is 5.91 Å². The van der Waals surface area contributed by atoms with Gasteiger partial charge in [0, 0.05) is 17.0 Å². The zero-order chi connectivity index (χ0) is 26.1. The second-order valence-corrected chi connectivity index (χ2v) is 8.88. The van der Waals surface area contributed by atoms with Crippen LogP contribution in [0.25, 0.3) is 11.1 Å². The predicted molar refractivity (Wildman–Crippen MR) is 141 cm³/mol. The van der Waals surface area contributed by atoms with Crippen LogP contribution < -0.4 is 11.1 Å². The van der Waals surface area contributed by atoms with E-state index in [2.05, 4.69) is 15.5 Å². The average molecular weight is 509 g/mol. The number of nitrogen functional groups attached to an aromatic ring is 1. The van der Waals surface area contributed by atoms with E-state index in [1.165, 1.54) is 0 Å². The Morgan fingerprint density at radius 3 is 2.47 bits per heavy atom. The molecule has 36 heavy (non-hydrogen) atoms. The van der Waals surface area contributed by atoms with Gasteiger partial charge in [-0.2, -0.15) is 0 Å². The summed E-state index contributed by atoms with van der Waals surface area (Å²) < 4.78 is 5.04. The Hall–Kier alpha value is -3.91. The van der Waals surface area contributed by atoms with E-state index in [9.17, 15) is 14.7 Å². The number of hydrogen-bond donors (Lipinski definition) is 3. The molecular formula is C27H29ClN4O4. The standard InChI is InChI=1S/C27H29ClN4O4/c1-17(2)27(35)36-15-14-30-25(33)13-8-18-6-9-19(10-7-18)21-4-3-5-24(26(21)34)32-31-23-12-11-20(28)16-22(23)29/h3-7,9-12,16-17,34H,8,13-15,29H2,1-2H3,(H,30,33). The lowest BCUT2D eigenvalue weighted by atomic mass is 10.0. The van der Waals surface area contributed by atoms with Gasteiger partial charge in [-0.05, 0) is 41.8 Å². The molecule has 0 saturated heterocycles. The smallest absolute Gasteiger partial charge is 0.308 e. The van der Waals surface area contributed by atoms with Gasteiger partial charge in [0.15, 0.2) is 5.75 Å². The molecule has 3 rings (SSSR count). The van der Waals surface area contributed by atoms with Crippen molar-refractivity contribution in [3.8, 4) is 16.9 Å². The Bertz CT molecular complexity index is 1240. The number of ether oxygens (including phenoxy) is 1. The molecule has 0 heterocycles. The molecule has 0 aliphatic rings. The highest BCUT2D eigenvalue weighted by atomic mass is 35.5. The SMILES string of the molecule is CC(C)C(=O)OCCNC(=O)CCc1ccc(-c2cccc(N=Nc3ccc(Cl)cc3N)c2O)cc1. The van der Waals surface area contributed by atoms with Crippen LogP contribution in [0.15, 0.2) is 70.9 Å². The van der Waals surface area contributed by atoms with Gasteiger partial charge in [-0.15, -0.1) is 10.2 Å². The number of halogens is 1. The van der Waals surface area contributed by atoms with E-state index < -0.39 is 0 Å². The molecule has 0 bridgehead atoms. The van der Waals surface area contributed by atoms with Crippen molar-refractivity contribution in [2.75, 3.05) is 18.9 Å². The van der Waals surface area contributed by atoms with Crippen LogP contribution in [0.2, 0.25) is 5.02 Å². The van der Waals surface area contributed by atoms with Crippen molar-refractivity contribution in [2.24, 2.45) is 16.1 Å². The summed E-state index contributed by atoms with van der Waals surface area (Å²) in [6.07, 6.45) is 0.868. The molecule has 1 amide bonds. The molecule has 0 aliphatic heterocycles. The molecule has 3 aromatic carbocycles. The van der Waals surface area contributed by atoms with Crippen LogP contribution >= 0.6 is 11.6 Å². The largest absolute Gasteiger partial charge is 0.505 e. The van der Waals surface area contributed by atoms with E-state index in [0.717, 1.165) is 11.1 Å². The fraction of sp³-hybridized carbons (Fsp3) is 0.259. The van der Waals surface area contributed by atoms with Crippen molar-refractivity contribution in [1.82, 2.24) is 5.32 Å². The molecule has 188 valence electrons. The van der Waals surface area contributed by atoms with Gasteiger partial charge in [-0.25, -0.2) is 0 Å². The van der Waals surface area contributed by atoms with E-state index >= 15 is 0 Å². The van der Waals surface area contributed by atoms with Gasteiger partial charge >= 0.3 is 5.97 Å². The van der Waals surface area contributed by atoms with E-state index in [1.54, 1.807) is 50.2 Å². The third kappa shape index (κ3) is 7.55. The fourth-order valence-electron chi connectivity index (χ4n) is 3.28. The van der Waals surface area contributed by atoms with Crippen LogP contribution in [0.3, 0.4) is 0 Å². The Morgan fingerprint density at radius 2 is 1.78 bits per heavy atom. The first-order valence-electron chi connectivity index (χ1n) is 11.6. The maximum Gasteiger partial charge on any atom is 0.308 e. The van der Waals surface area contributed by atoms with Crippen LogP contribution in [0, 0.1) is 5.92 Å². The van der Waals surface area contributed by atoms with Gasteiger partial charge in [0.1, 0.15) is 18.0 Å². The van der Waals surface area contributed by atoms with Crippen LogP contribution in [0.4, 0.5) is 17.1 Å². The summed E-state index contributed by atoms with van der Waals surface area (Å²) in [7, 11) is 0. The van der Waals surface area contributed by atoms with Gasteiger partial charge < -0.3 is 20.9 Å². The van der Waals surface area contributed by atoms with Gasteiger partial charge in [0.25, 0.3) is 0 Å². The quantitative estimate of drug-likeness (QED) is 0.135. The van der Waals surface area contributed by atoms with E-state index in [4.69, 9.17) is 22.1 Å². The number of hydrogen-bond acceptors (Lipinski definition) is 7. The molecule has 0 fully saturated rings. The average Bonchev–Trinajstić information content (AvgIpc) is 2.86.